The molecular weight excluding hydrogens is 267 g/mol. The summed E-state index contributed by atoms with van der Waals surface area (Å²) < 4.78 is 4.90. The molecule has 1 aromatic rings. The molecule has 0 saturated carbocycles. The first kappa shape index (κ1) is 14.2. The highest BCUT2D eigenvalue weighted by molar-refractivity contribution is 7.65. The van der Waals surface area contributed by atoms with Gasteiger partial charge in [0, 0.05) is 18.4 Å². The van der Waals surface area contributed by atoms with Gasteiger partial charge >= 0.3 is 5.69 Å². The second kappa shape index (κ2) is 5.41. The van der Waals surface area contributed by atoms with Crippen molar-refractivity contribution in [2.24, 2.45) is 0 Å². The summed E-state index contributed by atoms with van der Waals surface area (Å²) in [6, 6.07) is 5.05. The maximum atomic E-state index is 11.8. The lowest BCUT2D eigenvalue weighted by atomic mass is 10.3. The number of hydrogen-bond donors (Lipinski definition) is 0. The Hall–Kier alpha value is -1.23. The average Bonchev–Trinajstić information content (AvgIpc) is 2.37. The first-order valence-electron chi connectivity index (χ1n) is 6.06. The van der Waals surface area contributed by atoms with E-state index in [4.69, 9.17) is 4.74 Å². The van der Waals surface area contributed by atoms with Crippen molar-refractivity contribution < 1.29 is 14.3 Å². The van der Waals surface area contributed by atoms with Gasteiger partial charge in [-0.3, -0.25) is 10.1 Å². The van der Waals surface area contributed by atoms with E-state index in [2.05, 4.69) is 0 Å². The quantitative estimate of drug-likeness (QED) is 0.278. The van der Waals surface area contributed by atoms with Gasteiger partial charge in [0.15, 0.2) is 5.75 Å². The van der Waals surface area contributed by atoms with Gasteiger partial charge in [-0.25, -0.2) is 0 Å². The SMILES string of the molecule is COc1cc(P2CC[N+](C)([O-])CC2)ccc1[N+](=O)[O-]. The molecule has 0 unspecified atom stereocenters. The lowest BCUT2D eigenvalue weighted by molar-refractivity contribution is -0.857. The number of hydroxylamine groups is 3. The number of nitro groups is 1. The molecule has 0 spiro atoms. The lowest BCUT2D eigenvalue weighted by Crippen LogP contribution is -2.45. The molecule has 1 aliphatic rings. The molecule has 1 aromatic carbocycles. The highest BCUT2D eigenvalue weighted by atomic mass is 31.1. The van der Waals surface area contributed by atoms with E-state index in [0.29, 0.717) is 18.8 Å². The van der Waals surface area contributed by atoms with Crippen molar-refractivity contribution in [3.8, 4) is 5.75 Å². The van der Waals surface area contributed by atoms with Crippen molar-refractivity contribution in [3.63, 3.8) is 0 Å². The van der Waals surface area contributed by atoms with E-state index in [0.717, 1.165) is 17.6 Å². The Balaban J connectivity index is 2.20. The van der Waals surface area contributed by atoms with Crippen LogP contribution >= 0.6 is 7.92 Å². The maximum absolute atomic E-state index is 11.8. The predicted octanol–water partition coefficient (Wildman–Crippen LogP) is 1.67. The molecule has 1 aliphatic heterocycles. The van der Waals surface area contributed by atoms with Crippen molar-refractivity contribution in [3.05, 3.63) is 33.5 Å². The topological polar surface area (TPSA) is 75.4 Å². The second-order valence-corrected chi connectivity index (χ2v) is 7.33. The molecular formula is C12H17N2O4P. The van der Waals surface area contributed by atoms with Crippen LogP contribution in [-0.4, -0.2) is 49.1 Å². The Labute approximate surface area is 113 Å². The van der Waals surface area contributed by atoms with E-state index < -0.39 is 12.8 Å². The molecule has 104 valence electrons. The molecule has 0 aliphatic carbocycles. The van der Waals surface area contributed by atoms with Crippen LogP contribution in [0.2, 0.25) is 0 Å². The van der Waals surface area contributed by atoms with E-state index in [1.165, 1.54) is 13.2 Å². The second-order valence-electron chi connectivity index (χ2n) is 4.84. The van der Waals surface area contributed by atoms with E-state index in [9.17, 15) is 15.3 Å². The number of benzene rings is 1. The molecule has 1 fully saturated rings. The third kappa shape index (κ3) is 3.21. The first-order chi connectivity index (χ1) is 8.93. The summed E-state index contributed by atoms with van der Waals surface area (Å²) in [7, 11) is 2.74. The van der Waals surface area contributed by atoms with Gasteiger partial charge in [0.2, 0.25) is 0 Å². The number of quaternary nitrogens is 1. The van der Waals surface area contributed by atoms with E-state index >= 15 is 0 Å². The van der Waals surface area contributed by atoms with Crippen LogP contribution in [0.25, 0.3) is 0 Å². The molecule has 1 saturated heterocycles. The highest BCUT2D eigenvalue weighted by Crippen LogP contribution is 2.40. The molecule has 0 atom stereocenters. The summed E-state index contributed by atoms with van der Waals surface area (Å²) in [6.07, 6.45) is 1.74. The molecule has 6 nitrogen and oxygen atoms in total. The van der Waals surface area contributed by atoms with Gasteiger partial charge in [0.05, 0.1) is 32.2 Å². The van der Waals surface area contributed by atoms with Crippen LogP contribution in [0, 0.1) is 15.3 Å². The van der Waals surface area contributed by atoms with E-state index in [1.54, 1.807) is 19.2 Å². The van der Waals surface area contributed by atoms with Crippen LogP contribution in [0.5, 0.6) is 5.75 Å². The molecule has 1 heterocycles. The summed E-state index contributed by atoms with van der Waals surface area (Å²) in [5.74, 6) is 0.301. The zero-order valence-electron chi connectivity index (χ0n) is 11.0. The largest absolute Gasteiger partial charge is 0.633 e. The van der Waals surface area contributed by atoms with Crippen molar-refractivity contribution in [1.82, 2.24) is 0 Å². The molecule has 7 heteroatoms. The maximum Gasteiger partial charge on any atom is 0.310 e. The van der Waals surface area contributed by atoms with Gasteiger partial charge < -0.3 is 14.6 Å². The summed E-state index contributed by atoms with van der Waals surface area (Å²) in [5.41, 5.74) is -0.0114. The van der Waals surface area contributed by atoms with Gasteiger partial charge in [-0.05, 0) is 17.4 Å². The zero-order chi connectivity index (χ0) is 14.0. The molecule has 0 amide bonds. The monoisotopic (exact) mass is 284 g/mol. The Morgan fingerprint density at radius 3 is 2.53 bits per heavy atom. The predicted molar refractivity (Wildman–Crippen MR) is 75.2 cm³/mol. The zero-order valence-corrected chi connectivity index (χ0v) is 11.9. The molecule has 0 bridgehead atoms. The molecule has 2 rings (SSSR count). The molecule has 0 aromatic heterocycles. The fraction of sp³-hybridized carbons (Fsp3) is 0.500. The van der Waals surface area contributed by atoms with E-state index in [-0.39, 0.29) is 10.3 Å². The molecule has 0 N–H and O–H groups in total. The van der Waals surface area contributed by atoms with Crippen LogP contribution in [0.3, 0.4) is 0 Å². The lowest BCUT2D eigenvalue weighted by Gasteiger charge is -2.44. The normalized spacial score (nSPS) is 27.0. The number of hydrogen-bond acceptors (Lipinski definition) is 4. The van der Waals surface area contributed by atoms with Crippen molar-refractivity contribution in [1.29, 1.82) is 0 Å². The van der Waals surface area contributed by atoms with Crippen LogP contribution in [-0.2, 0) is 0 Å². The smallest absolute Gasteiger partial charge is 0.310 e. The van der Waals surface area contributed by atoms with Gasteiger partial charge in [-0.1, -0.05) is 7.92 Å². The standard InChI is InChI=1S/C12H17N2O4P/c1-14(17)5-7-19(8-6-14)10-3-4-11(13(15)16)12(9-10)18-2/h3-4,9H,5-8H2,1-2H3. The minimum absolute atomic E-state index is 0.0114. The van der Waals surface area contributed by atoms with Crippen molar-refractivity contribution >= 4 is 18.9 Å². The average molecular weight is 284 g/mol. The van der Waals surface area contributed by atoms with Gasteiger partial charge in [0.1, 0.15) is 0 Å². The highest BCUT2D eigenvalue weighted by Gasteiger charge is 2.26. The van der Waals surface area contributed by atoms with Crippen LogP contribution in [0.1, 0.15) is 0 Å². The minimum atomic E-state index is -0.442. The Bertz CT molecular complexity index is 483. The summed E-state index contributed by atoms with van der Waals surface area (Å²) in [6.45, 7) is 1.23. The van der Waals surface area contributed by atoms with Gasteiger partial charge in [0.25, 0.3) is 0 Å². The Morgan fingerprint density at radius 2 is 2.00 bits per heavy atom. The molecule has 0 radical (unpaired) electrons. The summed E-state index contributed by atoms with van der Waals surface area (Å²) in [5, 5.41) is 23.7. The van der Waals surface area contributed by atoms with Crippen molar-refractivity contribution in [2.45, 2.75) is 0 Å². The number of nitro benzene ring substituents is 1. The van der Waals surface area contributed by atoms with Gasteiger partial charge in [-0.2, -0.15) is 0 Å². The van der Waals surface area contributed by atoms with Gasteiger partial charge in [-0.15, -0.1) is 0 Å². The summed E-state index contributed by atoms with van der Waals surface area (Å²) >= 11 is 0. The third-order valence-electron chi connectivity index (χ3n) is 3.41. The first-order valence-corrected chi connectivity index (χ1v) is 7.77. The number of nitrogens with zero attached hydrogens (tertiary/aromatic N) is 2. The van der Waals surface area contributed by atoms with Crippen LogP contribution in [0.4, 0.5) is 5.69 Å². The number of rotatable bonds is 3. The minimum Gasteiger partial charge on any atom is -0.633 e. The van der Waals surface area contributed by atoms with Crippen LogP contribution < -0.4 is 10.0 Å². The van der Waals surface area contributed by atoms with Crippen molar-refractivity contribution in [2.75, 3.05) is 39.6 Å². The Morgan fingerprint density at radius 1 is 1.37 bits per heavy atom. The molecule has 19 heavy (non-hydrogen) atoms. The summed E-state index contributed by atoms with van der Waals surface area (Å²) in [4.78, 5) is 10.4. The number of ether oxygens (including phenoxy) is 1. The van der Waals surface area contributed by atoms with E-state index in [1.807, 2.05) is 0 Å². The number of methoxy groups -OCH3 is 1. The third-order valence-corrected chi connectivity index (χ3v) is 5.90. The fourth-order valence-corrected chi connectivity index (χ4v) is 4.81. The fourth-order valence-electron chi connectivity index (χ4n) is 2.16. The Kier molecular flexibility index (Phi) is 4.04. The van der Waals surface area contributed by atoms with Crippen LogP contribution in [0.15, 0.2) is 18.2 Å².